The maximum absolute atomic E-state index is 12.3. The molecule has 0 bridgehead atoms. The minimum absolute atomic E-state index is 0.264. The molecule has 0 spiro atoms. The van der Waals surface area contributed by atoms with Crippen molar-refractivity contribution in [3.63, 3.8) is 0 Å². The molecular formula is C29H41NO7S. The highest BCUT2D eigenvalue weighted by Crippen LogP contribution is 2.26. The third kappa shape index (κ3) is 9.47. The van der Waals surface area contributed by atoms with Crippen LogP contribution in [0.2, 0.25) is 0 Å². The number of hydrogen-bond donors (Lipinski definition) is 3. The van der Waals surface area contributed by atoms with Gasteiger partial charge < -0.3 is 25.0 Å². The van der Waals surface area contributed by atoms with Crippen molar-refractivity contribution < 1.29 is 32.9 Å². The SMILES string of the molecule is O=COc1ccc([C@@H](O)CNCCCCCCOCCCCc2ccc3c(c2)S(=O)(=O)CCC3)cc1CO. The number of aliphatic hydroxyl groups excluding tert-OH is 2. The molecule has 0 radical (unpaired) electrons. The molecule has 1 atom stereocenters. The van der Waals surface area contributed by atoms with Gasteiger partial charge in [0.2, 0.25) is 0 Å². The normalized spacial score (nSPS) is 15.1. The Labute approximate surface area is 226 Å². The van der Waals surface area contributed by atoms with Crippen LogP contribution in [0.5, 0.6) is 5.75 Å². The molecule has 0 amide bonds. The van der Waals surface area contributed by atoms with Crippen molar-refractivity contribution in [2.45, 2.75) is 75.4 Å². The van der Waals surface area contributed by atoms with E-state index in [1.54, 1.807) is 18.2 Å². The smallest absolute Gasteiger partial charge is 0.298 e. The fraction of sp³-hybridized carbons (Fsp3) is 0.552. The van der Waals surface area contributed by atoms with Gasteiger partial charge in [0, 0.05) is 25.3 Å². The van der Waals surface area contributed by atoms with Crippen LogP contribution in [0.15, 0.2) is 41.3 Å². The zero-order valence-electron chi connectivity index (χ0n) is 22.1. The number of carbonyl (C=O) groups excluding carboxylic acids is 1. The van der Waals surface area contributed by atoms with Crippen molar-refractivity contribution in [2.24, 2.45) is 0 Å². The van der Waals surface area contributed by atoms with Crippen molar-refractivity contribution in [3.8, 4) is 5.75 Å². The van der Waals surface area contributed by atoms with Crippen molar-refractivity contribution in [3.05, 3.63) is 58.7 Å². The summed E-state index contributed by atoms with van der Waals surface area (Å²) in [5, 5.41) is 23.0. The summed E-state index contributed by atoms with van der Waals surface area (Å²) < 4.78 is 35.1. The van der Waals surface area contributed by atoms with Crippen LogP contribution in [0.3, 0.4) is 0 Å². The van der Waals surface area contributed by atoms with Crippen molar-refractivity contribution in [2.75, 3.05) is 32.1 Å². The van der Waals surface area contributed by atoms with E-state index in [1.807, 2.05) is 12.1 Å². The Bertz CT molecular complexity index is 1120. The van der Waals surface area contributed by atoms with Gasteiger partial charge in [0.15, 0.2) is 9.84 Å². The van der Waals surface area contributed by atoms with Crippen LogP contribution in [0.1, 0.15) is 73.3 Å². The van der Waals surface area contributed by atoms with Gasteiger partial charge in [-0.15, -0.1) is 0 Å². The van der Waals surface area contributed by atoms with Gasteiger partial charge in [0.25, 0.3) is 6.47 Å². The molecular weight excluding hydrogens is 506 g/mol. The van der Waals surface area contributed by atoms with Crippen molar-refractivity contribution in [1.82, 2.24) is 5.32 Å². The number of benzene rings is 2. The molecule has 1 aliphatic rings. The minimum Gasteiger partial charge on any atom is -0.428 e. The van der Waals surface area contributed by atoms with Gasteiger partial charge in [0.1, 0.15) is 5.75 Å². The number of rotatable bonds is 18. The number of ether oxygens (including phenoxy) is 2. The van der Waals surface area contributed by atoms with Gasteiger partial charge in [-0.05, 0) is 86.4 Å². The molecule has 0 aliphatic carbocycles. The Morgan fingerprint density at radius 3 is 2.58 bits per heavy atom. The lowest BCUT2D eigenvalue weighted by Gasteiger charge is -2.17. The summed E-state index contributed by atoms with van der Waals surface area (Å²) in [6, 6.07) is 10.8. The Hall–Kier alpha value is -2.30. The van der Waals surface area contributed by atoms with Gasteiger partial charge in [-0.25, -0.2) is 8.42 Å². The fourth-order valence-electron chi connectivity index (χ4n) is 4.71. The van der Waals surface area contributed by atoms with Gasteiger partial charge in [-0.2, -0.15) is 0 Å². The third-order valence-corrected chi connectivity index (χ3v) is 8.75. The molecule has 210 valence electrons. The Morgan fingerprint density at radius 1 is 1.00 bits per heavy atom. The van der Waals surface area contributed by atoms with Crippen LogP contribution in [0.25, 0.3) is 0 Å². The average molecular weight is 548 g/mol. The van der Waals surface area contributed by atoms with E-state index in [-0.39, 0.29) is 12.4 Å². The van der Waals surface area contributed by atoms with Crippen molar-refractivity contribution >= 4 is 16.3 Å². The van der Waals surface area contributed by atoms with E-state index in [9.17, 15) is 23.4 Å². The molecule has 1 heterocycles. The first-order valence-corrected chi connectivity index (χ1v) is 15.2. The number of carbonyl (C=O) groups is 1. The first-order valence-electron chi connectivity index (χ1n) is 13.6. The quantitative estimate of drug-likeness (QED) is 0.191. The molecule has 3 rings (SSSR count). The van der Waals surface area contributed by atoms with Crippen LogP contribution in [0.4, 0.5) is 0 Å². The average Bonchev–Trinajstić information content (AvgIpc) is 2.91. The minimum atomic E-state index is -3.10. The summed E-state index contributed by atoms with van der Waals surface area (Å²) in [6.45, 7) is 2.73. The molecule has 38 heavy (non-hydrogen) atoms. The number of unbranched alkanes of at least 4 members (excludes halogenated alkanes) is 4. The van der Waals surface area contributed by atoms with E-state index < -0.39 is 15.9 Å². The lowest BCUT2D eigenvalue weighted by atomic mass is 10.0. The largest absolute Gasteiger partial charge is 0.428 e. The molecule has 0 unspecified atom stereocenters. The Balaban J connectivity index is 1.17. The van der Waals surface area contributed by atoms with Crippen molar-refractivity contribution in [1.29, 1.82) is 0 Å². The summed E-state index contributed by atoms with van der Waals surface area (Å²) >= 11 is 0. The van der Waals surface area contributed by atoms with Crippen LogP contribution >= 0.6 is 0 Å². The van der Waals surface area contributed by atoms with Gasteiger partial charge in [-0.3, -0.25) is 4.79 Å². The number of hydrogen-bond acceptors (Lipinski definition) is 8. The van der Waals surface area contributed by atoms with E-state index in [0.717, 1.165) is 88.7 Å². The number of fused-ring (bicyclic) bond motifs is 1. The molecule has 1 aliphatic heterocycles. The summed E-state index contributed by atoms with van der Waals surface area (Å²) in [5.74, 6) is 0.556. The zero-order chi connectivity index (χ0) is 27.2. The Morgan fingerprint density at radius 2 is 1.79 bits per heavy atom. The van der Waals surface area contributed by atoms with E-state index in [1.165, 1.54) is 0 Å². The molecule has 9 heteroatoms. The third-order valence-electron chi connectivity index (χ3n) is 6.87. The highest BCUT2D eigenvalue weighted by Gasteiger charge is 2.23. The summed E-state index contributed by atoms with van der Waals surface area (Å²) in [5.41, 5.74) is 3.17. The monoisotopic (exact) mass is 547 g/mol. The molecule has 8 nitrogen and oxygen atoms in total. The second kappa shape index (κ2) is 16.0. The van der Waals surface area contributed by atoms with Crippen LogP contribution in [-0.4, -0.2) is 57.2 Å². The number of nitrogens with one attached hydrogen (secondary N) is 1. The number of aryl methyl sites for hydroxylation is 2. The van der Waals surface area contributed by atoms with Crippen LogP contribution < -0.4 is 10.1 Å². The predicted molar refractivity (Wildman–Crippen MR) is 146 cm³/mol. The molecule has 2 aromatic carbocycles. The maximum Gasteiger partial charge on any atom is 0.298 e. The second-order valence-corrected chi connectivity index (χ2v) is 11.9. The van der Waals surface area contributed by atoms with E-state index >= 15 is 0 Å². The van der Waals surface area contributed by atoms with E-state index in [4.69, 9.17) is 9.47 Å². The lowest BCUT2D eigenvalue weighted by molar-refractivity contribution is -0.120. The van der Waals surface area contributed by atoms with Gasteiger partial charge in [0.05, 0.1) is 23.4 Å². The van der Waals surface area contributed by atoms with Gasteiger partial charge >= 0.3 is 0 Å². The zero-order valence-corrected chi connectivity index (χ0v) is 22.9. The topological polar surface area (TPSA) is 122 Å². The maximum atomic E-state index is 12.3. The second-order valence-electron chi connectivity index (χ2n) is 9.81. The molecule has 0 aromatic heterocycles. The molecule has 0 fully saturated rings. The molecule has 2 aromatic rings. The van der Waals surface area contributed by atoms with Crippen LogP contribution in [-0.2, 0) is 38.8 Å². The van der Waals surface area contributed by atoms with Crippen LogP contribution in [0, 0.1) is 0 Å². The summed E-state index contributed by atoms with van der Waals surface area (Å²) in [4.78, 5) is 11.0. The Kier molecular flexibility index (Phi) is 12.7. The fourth-order valence-corrected chi connectivity index (χ4v) is 6.35. The highest BCUT2D eigenvalue weighted by atomic mass is 32.2. The first-order chi connectivity index (χ1) is 18.4. The van der Waals surface area contributed by atoms with E-state index in [2.05, 4.69) is 11.4 Å². The summed E-state index contributed by atoms with van der Waals surface area (Å²) in [7, 11) is -3.10. The number of aliphatic hydroxyl groups is 2. The first kappa shape index (κ1) is 30.2. The summed E-state index contributed by atoms with van der Waals surface area (Å²) in [6.07, 6.45) is 7.88. The standard InChI is InChI=1S/C29H41NO7S/c31-21-26-19-25(12-13-28(26)37-22-32)27(33)20-30-14-4-1-2-5-15-36-16-6-3-8-23-10-11-24-9-7-17-38(34,35)29(24)18-23/h10-13,18-19,22,27,30-31,33H,1-9,14-17,20-21H2/t27-/m0/s1. The molecule has 0 saturated heterocycles. The van der Waals surface area contributed by atoms with E-state index in [0.29, 0.717) is 34.8 Å². The predicted octanol–water partition coefficient (Wildman–Crippen LogP) is 3.66. The number of sulfone groups is 1. The molecule has 0 saturated carbocycles. The highest BCUT2D eigenvalue weighted by molar-refractivity contribution is 7.91. The molecule has 3 N–H and O–H groups in total. The lowest BCUT2D eigenvalue weighted by Crippen LogP contribution is -2.22. The van der Waals surface area contributed by atoms with Gasteiger partial charge in [-0.1, -0.05) is 31.0 Å².